The summed E-state index contributed by atoms with van der Waals surface area (Å²) >= 11 is 0. The predicted octanol–water partition coefficient (Wildman–Crippen LogP) is -0.332. The Kier molecular flexibility index (Phi) is 3.39. The monoisotopic (exact) mass is 238 g/mol. The first-order valence-electron chi connectivity index (χ1n) is 7.13. The maximum Gasteiger partial charge on any atom is 0.0351 e. The number of nitrogens with one attached hydrogen (secondary N) is 1. The molecule has 4 heteroatoms. The molecule has 2 atom stereocenters. The van der Waals surface area contributed by atoms with Crippen molar-refractivity contribution in [2.45, 2.75) is 31.5 Å². The van der Waals surface area contributed by atoms with Gasteiger partial charge in [-0.15, -0.1) is 0 Å². The van der Waals surface area contributed by atoms with Crippen LogP contribution in [0.4, 0.5) is 0 Å². The lowest BCUT2D eigenvalue weighted by Crippen LogP contribution is -2.65. The second-order valence-corrected chi connectivity index (χ2v) is 6.07. The number of likely N-dealkylation sites (tertiary alicyclic amines) is 2. The first kappa shape index (κ1) is 11.9. The Bertz CT molecular complexity index is 248. The van der Waals surface area contributed by atoms with Crippen molar-refractivity contribution in [1.82, 2.24) is 20.0 Å². The van der Waals surface area contributed by atoms with E-state index in [0.29, 0.717) is 0 Å². The second kappa shape index (κ2) is 4.84. The molecule has 0 aromatic rings. The van der Waals surface area contributed by atoms with Crippen LogP contribution in [0.5, 0.6) is 0 Å². The molecule has 0 aliphatic carbocycles. The highest BCUT2D eigenvalue weighted by atomic mass is 15.4. The standard InChI is InChI=1S/C13H26N4/c1-11-7-12(8-15(11)2)17-9-13(10-17)16-5-3-14-4-6-16/h11-14H,3-10H2,1-2H3. The third-order valence-electron chi connectivity index (χ3n) is 4.94. The van der Waals surface area contributed by atoms with Crippen LogP contribution in [-0.4, -0.2) is 85.7 Å². The van der Waals surface area contributed by atoms with E-state index in [2.05, 4.69) is 34.0 Å². The van der Waals surface area contributed by atoms with Crippen molar-refractivity contribution in [1.29, 1.82) is 0 Å². The third kappa shape index (κ3) is 2.36. The highest BCUT2D eigenvalue weighted by Crippen LogP contribution is 2.26. The number of nitrogens with zero attached hydrogens (tertiary/aromatic N) is 3. The molecule has 3 fully saturated rings. The van der Waals surface area contributed by atoms with Crippen molar-refractivity contribution in [2.24, 2.45) is 0 Å². The van der Waals surface area contributed by atoms with Crippen molar-refractivity contribution in [3.8, 4) is 0 Å². The van der Waals surface area contributed by atoms with E-state index in [-0.39, 0.29) is 0 Å². The molecule has 1 N–H and O–H groups in total. The van der Waals surface area contributed by atoms with Crippen LogP contribution < -0.4 is 5.32 Å². The predicted molar refractivity (Wildman–Crippen MR) is 70.3 cm³/mol. The van der Waals surface area contributed by atoms with Gasteiger partial charge < -0.3 is 10.2 Å². The van der Waals surface area contributed by atoms with Crippen molar-refractivity contribution < 1.29 is 0 Å². The quantitative estimate of drug-likeness (QED) is 0.711. The summed E-state index contributed by atoms with van der Waals surface area (Å²) in [5, 5.41) is 3.43. The van der Waals surface area contributed by atoms with Gasteiger partial charge in [-0.1, -0.05) is 0 Å². The van der Waals surface area contributed by atoms with Gasteiger partial charge in [-0.2, -0.15) is 0 Å². The molecule has 0 radical (unpaired) electrons. The van der Waals surface area contributed by atoms with Gasteiger partial charge in [0.2, 0.25) is 0 Å². The lowest BCUT2D eigenvalue weighted by atomic mass is 10.0. The van der Waals surface area contributed by atoms with Gasteiger partial charge in [0.1, 0.15) is 0 Å². The first-order valence-corrected chi connectivity index (χ1v) is 7.13. The number of piperazine rings is 1. The topological polar surface area (TPSA) is 21.8 Å². The normalized spacial score (nSPS) is 38.5. The highest BCUT2D eigenvalue weighted by molar-refractivity contribution is 4.97. The van der Waals surface area contributed by atoms with E-state index in [1.54, 1.807) is 0 Å². The van der Waals surface area contributed by atoms with Crippen LogP contribution in [0.25, 0.3) is 0 Å². The number of rotatable bonds is 2. The lowest BCUT2D eigenvalue weighted by molar-refractivity contribution is 0.00246. The van der Waals surface area contributed by atoms with Crippen LogP contribution in [0.3, 0.4) is 0 Å². The average molecular weight is 238 g/mol. The molecule has 3 aliphatic rings. The summed E-state index contributed by atoms with van der Waals surface area (Å²) in [5.74, 6) is 0. The molecule has 0 amide bonds. The van der Waals surface area contributed by atoms with Crippen LogP contribution in [-0.2, 0) is 0 Å². The molecule has 0 bridgehead atoms. The smallest absolute Gasteiger partial charge is 0.0351 e. The zero-order chi connectivity index (χ0) is 11.8. The zero-order valence-corrected chi connectivity index (χ0v) is 11.2. The molecule has 17 heavy (non-hydrogen) atoms. The van der Waals surface area contributed by atoms with Crippen LogP contribution >= 0.6 is 0 Å². The summed E-state index contributed by atoms with van der Waals surface area (Å²) in [6, 6.07) is 2.45. The van der Waals surface area contributed by atoms with E-state index in [1.807, 2.05) is 0 Å². The van der Waals surface area contributed by atoms with Crippen LogP contribution in [0.2, 0.25) is 0 Å². The second-order valence-electron chi connectivity index (χ2n) is 6.07. The fourth-order valence-electron chi connectivity index (χ4n) is 3.49. The number of hydrogen-bond donors (Lipinski definition) is 1. The molecule has 3 saturated heterocycles. The molecule has 3 heterocycles. The van der Waals surface area contributed by atoms with Gasteiger partial charge >= 0.3 is 0 Å². The first-order chi connectivity index (χ1) is 8.24. The Labute approximate surface area is 105 Å². The zero-order valence-electron chi connectivity index (χ0n) is 11.2. The van der Waals surface area contributed by atoms with E-state index in [4.69, 9.17) is 0 Å². The molecule has 3 aliphatic heterocycles. The van der Waals surface area contributed by atoms with Gasteiger partial charge in [-0.05, 0) is 20.4 Å². The molecule has 0 aromatic heterocycles. The molecule has 0 aromatic carbocycles. The largest absolute Gasteiger partial charge is 0.314 e. The Morgan fingerprint density at radius 2 is 1.65 bits per heavy atom. The van der Waals surface area contributed by atoms with E-state index >= 15 is 0 Å². The summed E-state index contributed by atoms with van der Waals surface area (Å²) in [6.45, 7) is 11.1. The Balaban J connectivity index is 1.45. The lowest BCUT2D eigenvalue weighted by Gasteiger charge is -2.49. The van der Waals surface area contributed by atoms with Crippen molar-refractivity contribution >= 4 is 0 Å². The maximum absolute atomic E-state index is 3.43. The molecule has 0 spiro atoms. The van der Waals surface area contributed by atoms with E-state index in [0.717, 1.165) is 18.1 Å². The fourth-order valence-corrected chi connectivity index (χ4v) is 3.49. The van der Waals surface area contributed by atoms with E-state index in [9.17, 15) is 0 Å². The van der Waals surface area contributed by atoms with Crippen molar-refractivity contribution in [3.05, 3.63) is 0 Å². The number of likely N-dealkylation sites (N-methyl/N-ethyl adjacent to an activating group) is 1. The molecule has 4 nitrogen and oxygen atoms in total. The van der Waals surface area contributed by atoms with Crippen molar-refractivity contribution in [3.63, 3.8) is 0 Å². The van der Waals surface area contributed by atoms with Crippen LogP contribution in [0.15, 0.2) is 0 Å². The van der Waals surface area contributed by atoms with Gasteiger partial charge in [-0.3, -0.25) is 9.80 Å². The average Bonchev–Trinajstić information content (AvgIpc) is 2.58. The number of hydrogen-bond acceptors (Lipinski definition) is 4. The molecule has 0 saturated carbocycles. The molecular formula is C13H26N4. The minimum Gasteiger partial charge on any atom is -0.314 e. The van der Waals surface area contributed by atoms with Gasteiger partial charge in [0.25, 0.3) is 0 Å². The summed E-state index contributed by atoms with van der Waals surface area (Å²) in [5.41, 5.74) is 0. The van der Waals surface area contributed by atoms with Crippen LogP contribution in [0.1, 0.15) is 13.3 Å². The summed E-state index contributed by atoms with van der Waals surface area (Å²) in [4.78, 5) is 7.88. The van der Waals surface area contributed by atoms with Crippen molar-refractivity contribution in [2.75, 3.05) is 52.9 Å². The molecular weight excluding hydrogens is 212 g/mol. The van der Waals surface area contributed by atoms with Crippen LogP contribution in [0, 0.1) is 0 Å². The maximum atomic E-state index is 3.43. The Hall–Kier alpha value is -0.160. The summed E-state index contributed by atoms with van der Waals surface area (Å²) < 4.78 is 0. The third-order valence-corrected chi connectivity index (χ3v) is 4.94. The van der Waals surface area contributed by atoms with Gasteiger partial charge in [0.15, 0.2) is 0 Å². The van der Waals surface area contributed by atoms with Gasteiger partial charge in [-0.25, -0.2) is 0 Å². The Morgan fingerprint density at radius 3 is 2.24 bits per heavy atom. The molecule has 2 unspecified atom stereocenters. The van der Waals surface area contributed by atoms with Gasteiger partial charge in [0.05, 0.1) is 0 Å². The SMILES string of the molecule is CC1CC(N2CC(N3CCNCC3)C2)CN1C. The fraction of sp³-hybridized carbons (Fsp3) is 1.00. The van der Waals surface area contributed by atoms with E-state index < -0.39 is 0 Å². The molecule has 98 valence electrons. The summed E-state index contributed by atoms with van der Waals surface area (Å²) in [6.07, 6.45) is 1.37. The van der Waals surface area contributed by atoms with Gasteiger partial charge in [0, 0.05) is 63.9 Å². The summed E-state index contributed by atoms with van der Waals surface area (Å²) in [7, 11) is 2.26. The minimum atomic E-state index is 0.776. The van der Waals surface area contributed by atoms with E-state index in [1.165, 1.54) is 52.2 Å². The highest BCUT2D eigenvalue weighted by Gasteiger charge is 2.39. The minimum absolute atomic E-state index is 0.776. The molecule has 3 rings (SSSR count). The Morgan fingerprint density at radius 1 is 0.941 bits per heavy atom.